The number of amides is 3. The van der Waals surface area contributed by atoms with Crippen LogP contribution in [-0.4, -0.2) is 74.2 Å². The molecule has 2 aliphatic heterocycles. The van der Waals surface area contributed by atoms with E-state index in [0.717, 1.165) is 23.6 Å². The average molecular weight is 491 g/mol. The number of thioether (sulfide) groups is 1. The van der Waals surface area contributed by atoms with E-state index in [1.807, 2.05) is 0 Å². The molecule has 15 heteroatoms. The predicted molar refractivity (Wildman–Crippen MR) is 101 cm³/mol. The van der Waals surface area contributed by atoms with Gasteiger partial charge in [0.1, 0.15) is 23.7 Å². The molecule has 0 aromatic carbocycles. The topological polar surface area (TPSA) is 151 Å². The molecular weight excluding hydrogens is 477 g/mol. The first kappa shape index (κ1) is 23.4. The van der Waals surface area contributed by atoms with Crippen molar-refractivity contribution < 1.29 is 38.6 Å². The van der Waals surface area contributed by atoms with E-state index in [0.29, 0.717) is 0 Å². The molecule has 1 fully saturated rings. The van der Waals surface area contributed by atoms with Gasteiger partial charge >= 0.3 is 18.0 Å². The number of carboxylic acid groups (broad SMARTS) is 1. The molecule has 2 aliphatic rings. The van der Waals surface area contributed by atoms with E-state index in [9.17, 15) is 29.1 Å². The number of nitrogens with one attached hydrogen (secondary N) is 2. The Morgan fingerprint density at radius 2 is 2.07 bits per heavy atom. The summed E-state index contributed by atoms with van der Waals surface area (Å²) >= 11 is 17.5. The molecule has 0 spiro atoms. The van der Waals surface area contributed by atoms with Gasteiger partial charge in [-0.2, -0.15) is 0 Å². The second-order valence-electron chi connectivity index (χ2n) is 5.68. The summed E-state index contributed by atoms with van der Waals surface area (Å²) in [6.45, 7) is 0.522. The van der Waals surface area contributed by atoms with Crippen molar-refractivity contribution in [3.05, 3.63) is 11.3 Å². The Hall–Kier alpha value is -1.89. The van der Waals surface area contributed by atoms with Crippen molar-refractivity contribution in [1.82, 2.24) is 15.5 Å². The van der Waals surface area contributed by atoms with Gasteiger partial charge in [-0.3, -0.25) is 19.3 Å². The lowest BCUT2D eigenvalue weighted by atomic mass is 10.0. The van der Waals surface area contributed by atoms with E-state index in [1.165, 1.54) is 0 Å². The lowest BCUT2D eigenvalue weighted by Gasteiger charge is -2.49. The number of hydrogen-bond acceptors (Lipinski definition) is 8. The van der Waals surface area contributed by atoms with Crippen molar-refractivity contribution >= 4 is 76.9 Å². The Balaban J connectivity index is 2.19. The summed E-state index contributed by atoms with van der Waals surface area (Å²) in [4.78, 5) is 59.0. The zero-order valence-corrected chi connectivity index (χ0v) is 17.6. The van der Waals surface area contributed by atoms with Gasteiger partial charge in [0.2, 0.25) is 16.4 Å². The molecule has 2 heterocycles. The third-order valence-electron chi connectivity index (χ3n) is 3.66. The van der Waals surface area contributed by atoms with E-state index >= 15 is 0 Å². The van der Waals surface area contributed by atoms with E-state index in [-0.39, 0.29) is 17.7 Å². The minimum atomic E-state index is -1.84. The van der Waals surface area contributed by atoms with Gasteiger partial charge in [0.25, 0.3) is 5.91 Å². The number of esters is 1. The highest BCUT2D eigenvalue weighted by molar-refractivity contribution is 8.00. The van der Waals surface area contributed by atoms with Crippen LogP contribution in [0.5, 0.6) is 0 Å². The smallest absolute Gasteiger partial charge is 0.408 e. The van der Waals surface area contributed by atoms with Gasteiger partial charge in [-0.1, -0.05) is 34.8 Å². The van der Waals surface area contributed by atoms with Crippen molar-refractivity contribution in [2.24, 2.45) is 0 Å². The molecule has 0 radical (unpaired) electrons. The number of β-lactam (4-membered cyclic amide) rings is 1. The van der Waals surface area contributed by atoms with Gasteiger partial charge < -0.3 is 25.2 Å². The Bertz CT molecular complexity index is 772. The van der Waals surface area contributed by atoms with Gasteiger partial charge in [0.05, 0.1) is 0 Å². The van der Waals surface area contributed by atoms with E-state index in [2.05, 4.69) is 15.4 Å². The van der Waals surface area contributed by atoms with E-state index < -0.39 is 57.7 Å². The molecule has 160 valence electrons. The first-order valence-corrected chi connectivity index (χ1v) is 9.92. The van der Waals surface area contributed by atoms with Crippen molar-refractivity contribution in [3.63, 3.8) is 0 Å². The van der Waals surface area contributed by atoms with E-state index in [4.69, 9.17) is 39.5 Å². The second-order valence-corrected chi connectivity index (χ2v) is 9.30. The molecule has 3 N–H and O–H groups in total. The summed E-state index contributed by atoms with van der Waals surface area (Å²) in [6, 6.07) is -1.08. The molecule has 11 nitrogen and oxygen atoms in total. The van der Waals surface area contributed by atoms with Gasteiger partial charge in [-0.05, 0) is 0 Å². The molecule has 3 amide bonds. The number of aliphatic carboxylic acids is 1. The van der Waals surface area contributed by atoms with Crippen LogP contribution in [-0.2, 0) is 28.7 Å². The third kappa shape index (κ3) is 5.59. The van der Waals surface area contributed by atoms with Crippen LogP contribution in [0.2, 0.25) is 0 Å². The number of carboxylic acids is 1. The Morgan fingerprint density at radius 1 is 1.41 bits per heavy atom. The largest absolute Gasteiger partial charge is 0.477 e. The summed E-state index contributed by atoms with van der Waals surface area (Å²) in [5.74, 6) is -2.98. The second kappa shape index (κ2) is 9.28. The van der Waals surface area contributed by atoms with Crippen molar-refractivity contribution in [3.8, 4) is 0 Å². The van der Waals surface area contributed by atoms with Crippen LogP contribution in [0.3, 0.4) is 0 Å². The fourth-order valence-electron chi connectivity index (χ4n) is 2.59. The minimum Gasteiger partial charge on any atom is -0.477 e. The van der Waals surface area contributed by atoms with Crippen LogP contribution in [0.1, 0.15) is 6.92 Å². The van der Waals surface area contributed by atoms with Crippen LogP contribution in [0.25, 0.3) is 0 Å². The normalized spacial score (nSPS) is 22.1. The highest BCUT2D eigenvalue weighted by atomic mass is 35.6. The number of rotatable bonds is 7. The first-order valence-electron chi connectivity index (χ1n) is 7.74. The standard InChI is InChI=1S/C14H14Cl3N3O8S/c1-5(22)28-9(18-4-21)6-2-29-11-7(10(23)20(11)8(6)12(24)25)19-13(26)27-3-14(15,16)17/h4,7,9,11H,2-3H2,1H3,(H,18,21)(H,19,26)(H,24,25)/t7-,9?,11-/m1/s1. The van der Waals surface area contributed by atoms with Crippen LogP contribution in [0.15, 0.2) is 11.3 Å². The highest BCUT2D eigenvalue weighted by Crippen LogP contribution is 2.41. The van der Waals surface area contributed by atoms with Crippen LogP contribution in [0, 0.1) is 0 Å². The molecular formula is C14H14Cl3N3O8S. The average Bonchev–Trinajstić information content (AvgIpc) is 2.61. The molecule has 0 saturated carbocycles. The fourth-order valence-corrected chi connectivity index (χ4v) is 4.13. The summed E-state index contributed by atoms with van der Waals surface area (Å²) in [5, 5.41) is 13.3. The number of hydrogen-bond donors (Lipinski definition) is 3. The molecule has 0 aliphatic carbocycles. The Kier molecular flexibility index (Phi) is 7.49. The maximum absolute atomic E-state index is 12.5. The van der Waals surface area contributed by atoms with Gasteiger partial charge in [0.15, 0.2) is 0 Å². The zero-order valence-electron chi connectivity index (χ0n) is 14.5. The number of carbonyl (C=O) groups excluding carboxylic acids is 4. The first-order chi connectivity index (χ1) is 13.5. The number of halogens is 3. The zero-order chi connectivity index (χ0) is 21.9. The molecule has 0 aromatic rings. The number of alkyl carbamates (subject to hydrolysis) is 1. The summed E-state index contributed by atoms with van der Waals surface area (Å²) in [5.41, 5.74) is -0.446. The van der Waals surface area contributed by atoms with Gasteiger partial charge in [0, 0.05) is 18.2 Å². The third-order valence-corrected chi connectivity index (χ3v) is 5.29. The van der Waals surface area contributed by atoms with Crippen molar-refractivity contribution in [1.29, 1.82) is 0 Å². The Labute approximate surface area is 183 Å². The number of ether oxygens (including phenoxy) is 2. The number of fused-ring (bicyclic) bond motifs is 1. The lowest BCUT2D eigenvalue weighted by Crippen LogP contribution is -2.71. The summed E-state index contributed by atoms with van der Waals surface area (Å²) in [7, 11) is 0. The summed E-state index contributed by atoms with van der Waals surface area (Å²) < 4.78 is 7.78. The fraction of sp³-hybridized carbons (Fsp3) is 0.500. The van der Waals surface area contributed by atoms with Crippen LogP contribution in [0.4, 0.5) is 4.79 Å². The summed E-state index contributed by atoms with van der Waals surface area (Å²) in [6.07, 6.45) is -2.15. The SMILES string of the molecule is CC(=O)OC(NC=O)C1=C(C(=O)O)N2C(=O)[C@@H](NC(=O)OCC(Cl)(Cl)Cl)[C@H]2SC1. The van der Waals surface area contributed by atoms with Gasteiger partial charge in [-0.25, -0.2) is 9.59 Å². The number of alkyl halides is 3. The van der Waals surface area contributed by atoms with Crippen molar-refractivity contribution in [2.75, 3.05) is 12.4 Å². The lowest BCUT2D eigenvalue weighted by molar-refractivity contribution is -0.150. The molecule has 29 heavy (non-hydrogen) atoms. The highest BCUT2D eigenvalue weighted by Gasteiger charge is 2.55. The molecule has 0 aromatic heterocycles. The van der Waals surface area contributed by atoms with Crippen LogP contribution >= 0.6 is 46.6 Å². The van der Waals surface area contributed by atoms with Crippen LogP contribution < -0.4 is 10.6 Å². The molecule has 3 atom stereocenters. The van der Waals surface area contributed by atoms with E-state index in [1.54, 1.807) is 0 Å². The number of nitrogens with zero attached hydrogens (tertiary/aromatic N) is 1. The molecule has 1 unspecified atom stereocenters. The van der Waals surface area contributed by atoms with Gasteiger partial charge in [-0.15, -0.1) is 11.8 Å². The Morgan fingerprint density at radius 3 is 2.59 bits per heavy atom. The monoisotopic (exact) mass is 489 g/mol. The molecule has 0 bridgehead atoms. The molecule has 1 saturated heterocycles. The van der Waals surface area contributed by atoms with Crippen molar-refractivity contribution in [2.45, 2.75) is 28.4 Å². The minimum absolute atomic E-state index is 0.00372. The number of carbonyl (C=O) groups is 5. The maximum Gasteiger partial charge on any atom is 0.408 e. The maximum atomic E-state index is 12.5. The molecule has 2 rings (SSSR count). The quantitative estimate of drug-likeness (QED) is 0.151. The predicted octanol–water partition coefficient (Wildman–Crippen LogP) is 0.340.